The van der Waals surface area contributed by atoms with Crippen molar-refractivity contribution in [1.29, 1.82) is 0 Å². The number of hydrogen-bond acceptors (Lipinski definition) is 3. The average Bonchev–Trinajstić information content (AvgIpc) is 3.06. The number of rotatable bonds is 7. The van der Waals surface area contributed by atoms with E-state index in [-0.39, 0.29) is 5.91 Å². The first-order valence-electron chi connectivity index (χ1n) is 7.01. The summed E-state index contributed by atoms with van der Waals surface area (Å²) in [5.74, 6) is 0.0270. The Morgan fingerprint density at radius 1 is 1.38 bits per heavy atom. The Balaban J connectivity index is 1.66. The van der Waals surface area contributed by atoms with Crippen molar-refractivity contribution in [2.45, 2.75) is 39.8 Å². The normalized spacial score (nSPS) is 10.8. The molecule has 0 radical (unpaired) electrons. The van der Waals surface area contributed by atoms with E-state index >= 15 is 0 Å². The first-order chi connectivity index (χ1) is 10.1. The SMILES string of the molecule is Cc1nn(CCC(=O)NCCCn2cccn2)c(C)c1Cl. The van der Waals surface area contributed by atoms with Gasteiger partial charge < -0.3 is 5.32 Å². The molecule has 0 saturated heterocycles. The lowest BCUT2D eigenvalue weighted by atomic mass is 10.3. The number of aryl methyl sites for hydroxylation is 3. The van der Waals surface area contributed by atoms with E-state index in [1.54, 1.807) is 10.9 Å². The van der Waals surface area contributed by atoms with Crippen molar-refractivity contribution in [2.75, 3.05) is 6.54 Å². The van der Waals surface area contributed by atoms with Crippen molar-refractivity contribution < 1.29 is 4.79 Å². The van der Waals surface area contributed by atoms with Crippen LogP contribution in [0.1, 0.15) is 24.2 Å². The number of nitrogens with one attached hydrogen (secondary N) is 1. The van der Waals surface area contributed by atoms with Crippen molar-refractivity contribution in [2.24, 2.45) is 0 Å². The average molecular weight is 310 g/mol. The predicted octanol–water partition coefficient (Wildman–Crippen LogP) is 1.95. The quantitative estimate of drug-likeness (QED) is 0.795. The Hall–Kier alpha value is -1.82. The number of hydrogen-bond donors (Lipinski definition) is 1. The summed E-state index contributed by atoms with van der Waals surface area (Å²) >= 11 is 6.07. The van der Waals surface area contributed by atoms with E-state index in [0.29, 0.717) is 24.5 Å². The van der Waals surface area contributed by atoms with Crippen LogP contribution in [0.15, 0.2) is 18.5 Å². The maximum atomic E-state index is 11.8. The van der Waals surface area contributed by atoms with Gasteiger partial charge in [-0.2, -0.15) is 10.2 Å². The second-order valence-electron chi connectivity index (χ2n) is 4.93. The van der Waals surface area contributed by atoms with Gasteiger partial charge in [0.25, 0.3) is 0 Å². The monoisotopic (exact) mass is 309 g/mol. The van der Waals surface area contributed by atoms with Gasteiger partial charge in [0.1, 0.15) is 0 Å². The van der Waals surface area contributed by atoms with Gasteiger partial charge in [-0.1, -0.05) is 11.6 Å². The third kappa shape index (κ3) is 4.32. The van der Waals surface area contributed by atoms with Crippen LogP contribution in [0.25, 0.3) is 0 Å². The largest absolute Gasteiger partial charge is 0.356 e. The maximum Gasteiger partial charge on any atom is 0.221 e. The molecule has 1 N–H and O–H groups in total. The fourth-order valence-corrected chi connectivity index (χ4v) is 2.23. The fourth-order valence-electron chi connectivity index (χ4n) is 2.09. The first kappa shape index (κ1) is 15.6. The zero-order valence-electron chi connectivity index (χ0n) is 12.3. The standard InChI is InChI=1S/C14H20ClN5O/c1-11-14(15)12(2)20(18-11)10-5-13(21)16-6-3-8-19-9-4-7-17-19/h4,7,9H,3,5-6,8,10H2,1-2H3,(H,16,21). The van der Waals surface area contributed by atoms with E-state index in [1.807, 2.05) is 30.8 Å². The third-order valence-corrected chi connectivity index (χ3v) is 3.84. The van der Waals surface area contributed by atoms with E-state index in [4.69, 9.17) is 11.6 Å². The molecule has 0 aliphatic heterocycles. The van der Waals surface area contributed by atoms with Gasteiger partial charge in [0.15, 0.2) is 0 Å². The van der Waals surface area contributed by atoms with Crippen LogP contribution in [-0.4, -0.2) is 32.0 Å². The molecule has 21 heavy (non-hydrogen) atoms. The van der Waals surface area contributed by atoms with Gasteiger partial charge in [-0.05, 0) is 26.3 Å². The summed E-state index contributed by atoms with van der Waals surface area (Å²) in [6, 6.07) is 1.89. The van der Waals surface area contributed by atoms with Crippen LogP contribution in [0.3, 0.4) is 0 Å². The Bertz CT molecular complexity index is 591. The fraction of sp³-hybridized carbons (Fsp3) is 0.500. The van der Waals surface area contributed by atoms with Gasteiger partial charge in [0, 0.05) is 31.9 Å². The predicted molar refractivity (Wildman–Crippen MR) is 81.2 cm³/mol. The van der Waals surface area contributed by atoms with Crippen molar-refractivity contribution in [3.05, 3.63) is 34.9 Å². The van der Waals surface area contributed by atoms with Crippen LogP contribution in [0.4, 0.5) is 0 Å². The van der Waals surface area contributed by atoms with Crippen LogP contribution >= 0.6 is 11.6 Å². The number of aromatic nitrogens is 4. The Morgan fingerprint density at radius 2 is 2.19 bits per heavy atom. The zero-order chi connectivity index (χ0) is 15.2. The molecular formula is C14H20ClN5O. The summed E-state index contributed by atoms with van der Waals surface area (Å²) in [4.78, 5) is 11.8. The summed E-state index contributed by atoms with van der Waals surface area (Å²) in [7, 11) is 0. The molecule has 0 fully saturated rings. The van der Waals surface area contributed by atoms with Gasteiger partial charge in [0.2, 0.25) is 5.91 Å². The molecule has 0 saturated carbocycles. The summed E-state index contributed by atoms with van der Waals surface area (Å²) in [6.07, 6.45) is 4.92. The maximum absolute atomic E-state index is 11.8. The highest BCUT2D eigenvalue weighted by molar-refractivity contribution is 6.31. The summed E-state index contributed by atoms with van der Waals surface area (Å²) < 4.78 is 3.63. The summed E-state index contributed by atoms with van der Waals surface area (Å²) in [5.41, 5.74) is 1.70. The minimum atomic E-state index is 0.0270. The van der Waals surface area contributed by atoms with Crippen molar-refractivity contribution in [3.63, 3.8) is 0 Å². The molecule has 114 valence electrons. The number of amides is 1. The number of nitrogens with zero attached hydrogens (tertiary/aromatic N) is 4. The number of halogens is 1. The first-order valence-corrected chi connectivity index (χ1v) is 7.39. The Kier molecular flexibility index (Phi) is 5.38. The van der Waals surface area contributed by atoms with Crippen LogP contribution in [0.2, 0.25) is 5.02 Å². The van der Waals surface area contributed by atoms with E-state index in [9.17, 15) is 4.79 Å². The lowest BCUT2D eigenvalue weighted by molar-refractivity contribution is -0.121. The molecule has 0 aliphatic rings. The smallest absolute Gasteiger partial charge is 0.221 e. The Labute approximate surface area is 129 Å². The molecular weight excluding hydrogens is 290 g/mol. The topological polar surface area (TPSA) is 64.7 Å². The summed E-state index contributed by atoms with van der Waals surface area (Å²) in [6.45, 7) is 5.77. The van der Waals surface area contributed by atoms with Gasteiger partial charge >= 0.3 is 0 Å². The lowest BCUT2D eigenvalue weighted by Crippen LogP contribution is -2.26. The van der Waals surface area contributed by atoms with Crippen LogP contribution < -0.4 is 5.32 Å². The number of carbonyl (C=O) groups is 1. The van der Waals surface area contributed by atoms with Gasteiger partial charge in [0.05, 0.1) is 23.0 Å². The molecule has 2 rings (SSSR count). The zero-order valence-corrected chi connectivity index (χ0v) is 13.1. The molecule has 2 aromatic heterocycles. The highest BCUT2D eigenvalue weighted by Gasteiger charge is 2.10. The molecule has 0 aromatic carbocycles. The molecule has 6 nitrogen and oxygen atoms in total. The molecule has 2 heterocycles. The minimum Gasteiger partial charge on any atom is -0.356 e. The second-order valence-corrected chi connectivity index (χ2v) is 5.31. The molecule has 2 aromatic rings. The van der Waals surface area contributed by atoms with Crippen LogP contribution in [0, 0.1) is 13.8 Å². The van der Waals surface area contributed by atoms with Crippen molar-refractivity contribution in [3.8, 4) is 0 Å². The molecule has 7 heteroatoms. The molecule has 0 bridgehead atoms. The van der Waals surface area contributed by atoms with E-state index < -0.39 is 0 Å². The third-order valence-electron chi connectivity index (χ3n) is 3.29. The highest BCUT2D eigenvalue weighted by atomic mass is 35.5. The molecule has 0 atom stereocenters. The minimum absolute atomic E-state index is 0.0270. The van der Waals surface area contributed by atoms with E-state index in [2.05, 4.69) is 15.5 Å². The molecule has 0 aliphatic carbocycles. The molecule has 0 spiro atoms. The molecule has 0 unspecified atom stereocenters. The lowest BCUT2D eigenvalue weighted by Gasteiger charge is -2.07. The van der Waals surface area contributed by atoms with E-state index in [0.717, 1.165) is 24.4 Å². The van der Waals surface area contributed by atoms with Crippen LogP contribution in [0.5, 0.6) is 0 Å². The van der Waals surface area contributed by atoms with Gasteiger partial charge in [-0.25, -0.2) is 0 Å². The van der Waals surface area contributed by atoms with Gasteiger partial charge in [-0.3, -0.25) is 14.2 Å². The van der Waals surface area contributed by atoms with Crippen LogP contribution in [-0.2, 0) is 17.9 Å². The van der Waals surface area contributed by atoms with Crippen molar-refractivity contribution in [1.82, 2.24) is 24.9 Å². The van der Waals surface area contributed by atoms with Crippen molar-refractivity contribution >= 4 is 17.5 Å². The molecule has 1 amide bonds. The van der Waals surface area contributed by atoms with E-state index in [1.165, 1.54) is 0 Å². The highest BCUT2D eigenvalue weighted by Crippen LogP contribution is 2.18. The number of carbonyl (C=O) groups excluding carboxylic acids is 1. The Morgan fingerprint density at radius 3 is 2.81 bits per heavy atom. The summed E-state index contributed by atoms with van der Waals surface area (Å²) in [5, 5.41) is 12.0. The second kappa shape index (κ2) is 7.26. The van der Waals surface area contributed by atoms with Gasteiger partial charge in [-0.15, -0.1) is 0 Å².